The molecule has 0 spiro atoms. The Kier molecular flexibility index (Phi) is 10.6. The van der Waals surface area contributed by atoms with E-state index in [1.165, 1.54) is 0 Å². The second kappa shape index (κ2) is 9.21. The Morgan fingerprint density at radius 2 is 1.86 bits per heavy atom. The van der Waals surface area contributed by atoms with Gasteiger partial charge in [0.15, 0.2) is 0 Å². The summed E-state index contributed by atoms with van der Waals surface area (Å²) in [6.07, 6.45) is 0. The summed E-state index contributed by atoms with van der Waals surface area (Å²) in [5.41, 5.74) is 0.458. The topological polar surface area (TPSA) is 29.5 Å². The zero-order valence-corrected chi connectivity index (χ0v) is 10.9. The van der Waals surface area contributed by atoms with Crippen LogP contribution in [0.4, 0.5) is 0 Å². The molecule has 0 aliphatic carbocycles. The smallest absolute Gasteiger partial charge is 0.333 e. The van der Waals surface area contributed by atoms with Gasteiger partial charge in [0.2, 0.25) is 0 Å². The molecule has 0 aromatic rings. The van der Waals surface area contributed by atoms with Crippen LogP contribution in [0.3, 0.4) is 0 Å². The van der Waals surface area contributed by atoms with Gasteiger partial charge in [0.1, 0.15) is 6.61 Å². The van der Waals surface area contributed by atoms with Crippen molar-refractivity contribution >= 4 is 23.0 Å². The molecule has 0 saturated carbocycles. The van der Waals surface area contributed by atoms with E-state index >= 15 is 0 Å². The summed E-state index contributed by atoms with van der Waals surface area (Å²) < 4.78 is 4.96. The molecule has 0 aromatic heterocycles. The number of ether oxygens (including phenoxy) is 1. The average molecular weight is 266 g/mol. The molecule has 3 nitrogen and oxygen atoms in total. The Hall–Kier alpha value is -0.350. The molecule has 0 N–H and O–H groups in total. The van der Waals surface area contributed by atoms with Gasteiger partial charge in [0.05, 0.1) is 0 Å². The van der Waals surface area contributed by atoms with Crippen LogP contribution in [0.15, 0.2) is 12.2 Å². The van der Waals surface area contributed by atoms with E-state index in [9.17, 15) is 4.79 Å². The third kappa shape index (κ3) is 7.09. The predicted octanol–water partition coefficient (Wildman–Crippen LogP) is 2.03. The third-order valence-electron chi connectivity index (χ3n) is 1.88. The number of halogens is 1. The van der Waals surface area contributed by atoms with Crippen LogP contribution < -0.4 is 0 Å². The van der Waals surface area contributed by atoms with Crippen molar-refractivity contribution in [2.24, 2.45) is 0 Å². The monoisotopic (exact) mass is 265 g/mol. The summed E-state index contributed by atoms with van der Waals surface area (Å²) in [6, 6.07) is 0. The molecule has 0 bridgehead atoms. The Labute approximate surface area is 96.9 Å². The number of nitrogens with zero attached hydrogens (tertiary/aromatic N) is 1. The SMILES string of the molecule is Br.C=C(C)C(=O)OCCN(CC)CC. The predicted molar refractivity (Wildman–Crippen MR) is 63.9 cm³/mol. The van der Waals surface area contributed by atoms with Crippen molar-refractivity contribution in [1.82, 2.24) is 4.90 Å². The highest BCUT2D eigenvalue weighted by molar-refractivity contribution is 8.93. The molecule has 0 amide bonds. The summed E-state index contributed by atoms with van der Waals surface area (Å²) in [4.78, 5) is 13.2. The Bertz CT molecular complexity index is 179. The number of hydrogen-bond donors (Lipinski definition) is 0. The lowest BCUT2D eigenvalue weighted by molar-refractivity contribution is -0.139. The van der Waals surface area contributed by atoms with Crippen LogP contribution in [-0.4, -0.2) is 37.1 Å². The van der Waals surface area contributed by atoms with E-state index in [1.54, 1.807) is 6.92 Å². The van der Waals surface area contributed by atoms with E-state index < -0.39 is 0 Å². The zero-order chi connectivity index (χ0) is 10.3. The van der Waals surface area contributed by atoms with E-state index in [0.717, 1.165) is 19.6 Å². The van der Waals surface area contributed by atoms with Gasteiger partial charge in [0, 0.05) is 12.1 Å². The first-order valence-corrected chi connectivity index (χ1v) is 4.66. The summed E-state index contributed by atoms with van der Waals surface area (Å²) in [6.45, 7) is 12.6. The summed E-state index contributed by atoms with van der Waals surface area (Å²) >= 11 is 0. The lowest BCUT2D eigenvalue weighted by atomic mass is 10.4. The van der Waals surface area contributed by atoms with Crippen molar-refractivity contribution in [2.45, 2.75) is 20.8 Å². The second-order valence-electron chi connectivity index (χ2n) is 2.94. The lowest BCUT2D eigenvalue weighted by Gasteiger charge is -2.17. The molecule has 0 atom stereocenters. The number of carbonyl (C=O) groups excluding carboxylic acids is 1. The fourth-order valence-corrected chi connectivity index (χ4v) is 0.930. The molecule has 14 heavy (non-hydrogen) atoms. The van der Waals surface area contributed by atoms with Gasteiger partial charge in [-0.25, -0.2) is 4.79 Å². The molecule has 0 aliphatic heterocycles. The van der Waals surface area contributed by atoms with E-state index in [0.29, 0.717) is 12.2 Å². The maximum absolute atomic E-state index is 11.0. The highest BCUT2D eigenvalue weighted by Gasteiger charge is 2.04. The van der Waals surface area contributed by atoms with Crippen LogP contribution >= 0.6 is 17.0 Å². The number of rotatable bonds is 6. The summed E-state index contributed by atoms with van der Waals surface area (Å²) in [7, 11) is 0. The first-order chi connectivity index (χ1) is 6.11. The minimum absolute atomic E-state index is 0. The van der Waals surface area contributed by atoms with Gasteiger partial charge in [-0.2, -0.15) is 0 Å². The maximum Gasteiger partial charge on any atom is 0.333 e. The van der Waals surface area contributed by atoms with Gasteiger partial charge in [-0.1, -0.05) is 20.4 Å². The van der Waals surface area contributed by atoms with Crippen LogP contribution in [0.2, 0.25) is 0 Å². The van der Waals surface area contributed by atoms with Crippen LogP contribution in [0.25, 0.3) is 0 Å². The molecular weight excluding hydrogens is 246 g/mol. The van der Waals surface area contributed by atoms with E-state index in [1.807, 2.05) is 0 Å². The van der Waals surface area contributed by atoms with Gasteiger partial charge in [-0.3, -0.25) is 0 Å². The highest BCUT2D eigenvalue weighted by atomic mass is 79.9. The molecule has 0 rings (SSSR count). The molecule has 4 heteroatoms. The molecule has 84 valence electrons. The minimum Gasteiger partial charge on any atom is -0.461 e. The van der Waals surface area contributed by atoms with Crippen LogP contribution in [0.5, 0.6) is 0 Å². The molecule has 0 fully saturated rings. The highest BCUT2D eigenvalue weighted by Crippen LogP contribution is 1.93. The van der Waals surface area contributed by atoms with Crippen molar-refractivity contribution in [3.8, 4) is 0 Å². The van der Waals surface area contributed by atoms with E-state index in [2.05, 4.69) is 25.3 Å². The maximum atomic E-state index is 11.0. The van der Waals surface area contributed by atoms with Gasteiger partial charge < -0.3 is 9.64 Å². The van der Waals surface area contributed by atoms with Crippen molar-refractivity contribution in [1.29, 1.82) is 0 Å². The van der Waals surface area contributed by atoms with Crippen molar-refractivity contribution in [3.05, 3.63) is 12.2 Å². The molecule has 0 aliphatic rings. The van der Waals surface area contributed by atoms with Crippen LogP contribution in [0, 0.1) is 0 Å². The van der Waals surface area contributed by atoms with Gasteiger partial charge in [-0.15, -0.1) is 17.0 Å². The quantitative estimate of drug-likeness (QED) is 0.544. The number of likely N-dealkylation sites (N-methyl/N-ethyl adjacent to an activating group) is 1. The Balaban J connectivity index is 0. The summed E-state index contributed by atoms with van der Waals surface area (Å²) in [5, 5.41) is 0. The first kappa shape index (κ1) is 16.1. The molecule has 0 aromatic carbocycles. The van der Waals surface area contributed by atoms with Gasteiger partial charge in [-0.05, 0) is 20.0 Å². The van der Waals surface area contributed by atoms with Crippen molar-refractivity contribution < 1.29 is 9.53 Å². The molecular formula is C10H20BrNO2. The first-order valence-electron chi connectivity index (χ1n) is 4.66. The third-order valence-corrected chi connectivity index (χ3v) is 1.88. The normalized spacial score (nSPS) is 9.43. The van der Waals surface area contributed by atoms with Gasteiger partial charge >= 0.3 is 5.97 Å². The minimum atomic E-state index is -0.299. The average Bonchev–Trinajstić information content (AvgIpc) is 2.12. The van der Waals surface area contributed by atoms with E-state index in [4.69, 9.17) is 4.74 Å². The van der Waals surface area contributed by atoms with Crippen molar-refractivity contribution in [3.63, 3.8) is 0 Å². The Morgan fingerprint density at radius 1 is 1.36 bits per heavy atom. The number of carbonyl (C=O) groups is 1. The molecule has 0 radical (unpaired) electrons. The lowest BCUT2D eigenvalue weighted by Crippen LogP contribution is -2.27. The molecule has 0 heterocycles. The van der Waals surface area contributed by atoms with Crippen LogP contribution in [-0.2, 0) is 9.53 Å². The zero-order valence-electron chi connectivity index (χ0n) is 9.21. The summed E-state index contributed by atoms with van der Waals surface area (Å²) in [5.74, 6) is -0.299. The van der Waals surface area contributed by atoms with E-state index in [-0.39, 0.29) is 23.0 Å². The fourth-order valence-electron chi connectivity index (χ4n) is 0.930. The largest absolute Gasteiger partial charge is 0.461 e. The second-order valence-corrected chi connectivity index (χ2v) is 2.94. The van der Waals surface area contributed by atoms with Crippen molar-refractivity contribution in [2.75, 3.05) is 26.2 Å². The standard InChI is InChI=1S/C10H19NO2.BrH/c1-5-11(6-2)7-8-13-10(12)9(3)4;/h3,5-8H2,1-2,4H3;1H. The fraction of sp³-hybridized carbons (Fsp3) is 0.700. The number of esters is 1. The Morgan fingerprint density at radius 3 is 2.21 bits per heavy atom. The number of hydrogen-bond acceptors (Lipinski definition) is 3. The molecule has 0 saturated heterocycles. The molecule has 0 unspecified atom stereocenters. The van der Waals surface area contributed by atoms with Gasteiger partial charge in [0.25, 0.3) is 0 Å². The van der Waals surface area contributed by atoms with Crippen LogP contribution in [0.1, 0.15) is 20.8 Å².